The van der Waals surface area contributed by atoms with Crippen LogP contribution in [-0.4, -0.2) is 17.0 Å². The van der Waals surface area contributed by atoms with E-state index in [1.165, 1.54) is 0 Å². The van der Waals surface area contributed by atoms with Crippen LogP contribution in [0.2, 0.25) is 0 Å². The van der Waals surface area contributed by atoms with Gasteiger partial charge in [-0.2, -0.15) is 13.2 Å². The summed E-state index contributed by atoms with van der Waals surface area (Å²) < 4.78 is 34.8. The van der Waals surface area contributed by atoms with Crippen molar-refractivity contribution in [2.24, 2.45) is 4.99 Å². The van der Waals surface area contributed by atoms with E-state index >= 15 is 0 Å². The van der Waals surface area contributed by atoms with Gasteiger partial charge in [0.25, 0.3) is 0 Å². The highest BCUT2D eigenvalue weighted by Crippen LogP contribution is 2.34. The van der Waals surface area contributed by atoms with Crippen LogP contribution in [0.15, 0.2) is 4.99 Å². The molecular weight excluding hydrogens is 151 g/mol. The molecular formula is C4H2F3NS. The summed E-state index contributed by atoms with van der Waals surface area (Å²) in [5.74, 6) is 0. The van der Waals surface area contributed by atoms with E-state index in [0.717, 1.165) is 5.55 Å². The Morgan fingerprint density at radius 1 is 1.56 bits per heavy atom. The minimum atomic E-state index is -4.19. The van der Waals surface area contributed by atoms with E-state index in [4.69, 9.17) is 0 Å². The molecule has 0 saturated heterocycles. The third-order valence-corrected chi connectivity index (χ3v) is 1.61. The van der Waals surface area contributed by atoms with Crippen molar-refractivity contribution in [3.63, 3.8) is 0 Å². The molecule has 9 heavy (non-hydrogen) atoms. The maximum Gasteiger partial charge on any atom is 0.403 e. The normalized spacial score (nSPS) is 27.2. The summed E-state index contributed by atoms with van der Waals surface area (Å²) in [4.78, 5) is 3.20. The van der Waals surface area contributed by atoms with Crippen LogP contribution in [-0.2, 0) is 0 Å². The Balaban J connectivity index is 2.46. The van der Waals surface area contributed by atoms with Crippen molar-refractivity contribution < 1.29 is 13.2 Å². The summed E-state index contributed by atoms with van der Waals surface area (Å²) in [7, 11) is 0. The van der Waals surface area contributed by atoms with Gasteiger partial charge in [-0.1, -0.05) is 11.8 Å². The smallest absolute Gasteiger partial charge is 0.273 e. The number of alkyl halides is 3. The molecule has 1 rings (SSSR count). The molecule has 0 bridgehead atoms. The summed E-state index contributed by atoms with van der Waals surface area (Å²) in [5.41, 5.74) is 1.14. The lowest BCUT2D eigenvalue weighted by molar-refractivity contribution is -0.122. The van der Waals surface area contributed by atoms with E-state index < -0.39 is 11.4 Å². The lowest BCUT2D eigenvalue weighted by Gasteiger charge is -2.09. The molecule has 2 radical (unpaired) electrons. The molecule has 0 fully saturated rings. The number of halogens is 3. The van der Waals surface area contributed by atoms with Gasteiger partial charge in [-0.3, -0.25) is 4.99 Å². The van der Waals surface area contributed by atoms with Gasteiger partial charge in [0.1, 0.15) is 11.8 Å². The van der Waals surface area contributed by atoms with Gasteiger partial charge in [0.05, 0.1) is 5.55 Å². The van der Waals surface area contributed by atoms with Crippen molar-refractivity contribution in [1.82, 2.24) is 0 Å². The van der Waals surface area contributed by atoms with Crippen molar-refractivity contribution >= 4 is 17.3 Å². The molecule has 1 aliphatic rings. The molecule has 0 aliphatic carbocycles. The van der Waals surface area contributed by atoms with Gasteiger partial charge < -0.3 is 0 Å². The van der Waals surface area contributed by atoms with Crippen LogP contribution in [0.5, 0.6) is 0 Å². The van der Waals surface area contributed by atoms with E-state index in [2.05, 4.69) is 4.99 Å². The zero-order valence-electron chi connectivity index (χ0n) is 4.14. The second-order valence-electron chi connectivity index (χ2n) is 1.42. The molecule has 0 spiro atoms. The number of aliphatic imine (C=N–C) groups is 1. The van der Waals surface area contributed by atoms with Crippen molar-refractivity contribution in [1.29, 1.82) is 0 Å². The largest absolute Gasteiger partial charge is 0.403 e. The predicted molar refractivity (Wildman–Crippen MR) is 29.2 cm³/mol. The SMILES string of the molecule is FC(F)(F)C1[C]N=CS1. The van der Waals surface area contributed by atoms with Gasteiger partial charge in [-0.05, 0) is 0 Å². The summed E-state index contributed by atoms with van der Waals surface area (Å²) >= 11 is 0.622. The number of hydrogen-bond donors (Lipinski definition) is 0. The predicted octanol–water partition coefficient (Wildman–Crippen LogP) is 1.73. The quantitative estimate of drug-likeness (QED) is 0.516. The number of thioether (sulfide) groups is 1. The van der Waals surface area contributed by atoms with Crippen molar-refractivity contribution in [3.8, 4) is 0 Å². The van der Waals surface area contributed by atoms with Crippen LogP contribution in [0.25, 0.3) is 0 Å². The van der Waals surface area contributed by atoms with Gasteiger partial charge >= 0.3 is 6.18 Å². The molecule has 0 aromatic rings. The highest BCUT2D eigenvalue weighted by molar-refractivity contribution is 8.13. The molecule has 0 amide bonds. The Morgan fingerprint density at radius 2 is 2.22 bits per heavy atom. The second kappa shape index (κ2) is 2.21. The van der Waals surface area contributed by atoms with E-state index in [9.17, 15) is 13.2 Å². The first-order valence-corrected chi connectivity index (χ1v) is 3.04. The first-order valence-electron chi connectivity index (χ1n) is 2.10. The number of rotatable bonds is 0. The van der Waals surface area contributed by atoms with Gasteiger partial charge in [-0.15, -0.1) is 0 Å². The average Bonchev–Trinajstić information content (AvgIpc) is 2.08. The fraction of sp³-hybridized carbons (Fsp3) is 0.500. The lowest BCUT2D eigenvalue weighted by atomic mass is 10.4. The topological polar surface area (TPSA) is 12.4 Å². The fourth-order valence-electron chi connectivity index (χ4n) is 0.370. The first kappa shape index (κ1) is 6.92. The van der Waals surface area contributed by atoms with E-state index in [1.54, 1.807) is 0 Å². The third kappa shape index (κ3) is 1.61. The Morgan fingerprint density at radius 3 is 2.44 bits per heavy atom. The van der Waals surface area contributed by atoms with Crippen LogP contribution >= 0.6 is 11.8 Å². The molecule has 0 N–H and O–H groups in total. The van der Waals surface area contributed by atoms with Gasteiger partial charge in [0.15, 0.2) is 0 Å². The van der Waals surface area contributed by atoms with Crippen molar-refractivity contribution in [2.75, 3.05) is 0 Å². The van der Waals surface area contributed by atoms with Crippen LogP contribution in [0.4, 0.5) is 13.2 Å². The van der Waals surface area contributed by atoms with E-state index in [-0.39, 0.29) is 0 Å². The van der Waals surface area contributed by atoms with Crippen molar-refractivity contribution in [2.45, 2.75) is 11.4 Å². The molecule has 50 valence electrons. The van der Waals surface area contributed by atoms with E-state index in [1.807, 2.05) is 6.54 Å². The highest BCUT2D eigenvalue weighted by Gasteiger charge is 2.41. The number of nitrogens with zero attached hydrogens (tertiary/aromatic N) is 1. The molecule has 1 aliphatic heterocycles. The maximum absolute atomic E-state index is 11.6. The van der Waals surface area contributed by atoms with Crippen LogP contribution in [0, 0.1) is 6.54 Å². The minimum absolute atomic E-state index is 0.622. The summed E-state index contributed by atoms with van der Waals surface area (Å²) in [6.07, 6.45) is -4.19. The third-order valence-electron chi connectivity index (χ3n) is 0.739. The molecule has 1 nitrogen and oxygen atoms in total. The number of hydrogen-bond acceptors (Lipinski definition) is 2. The van der Waals surface area contributed by atoms with Crippen LogP contribution < -0.4 is 0 Å². The Bertz CT molecular complexity index is 122. The average molecular weight is 153 g/mol. The van der Waals surface area contributed by atoms with E-state index in [0.29, 0.717) is 11.8 Å². The monoisotopic (exact) mass is 153 g/mol. The van der Waals surface area contributed by atoms with Crippen molar-refractivity contribution in [3.05, 3.63) is 6.54 Å². The molecule has 1 unspecified atom stereocenters. The molecule has 0 aromatic heterocycles. The zero-order chi connectivity index (χ0) is 6.91. The van der Waals surface area contributed by atoms with Crippen LogP contribution in [0.1, 0.15) is 0 Å². The Labute approximate surface area is 54.3 Å². The lowest BCUT2D eigenvalue weighted by Crippen LogP contribution is -2.23. The minimum Gasteiger partial charge on any atom is -0.273 e. The van der Waals surface area contributed by atoms with Gasteiger partial charge in [0.2, 0.25) is 0 Å². The maximum atomic E-state index is 11.6. The summed E-state index contributed by atoms with van der Waals surface area (Å²) in [6.45, 7) is 1.90. The summed E-state index contributed by atoms with van der Waals surface area (Å²) in [6, 6.07) is 0. The molecule has 0 saturated carbocycles. The molecule has 5 heteroatoms. The first-order chi connectivity index (χ1) is 4.11. The standard InChI is InChI=1S/C4H2F3NS/c5-4(6,7)3-1-8-2-9-3/h2-3H. The van der Waals surface area contributed by atoms with Gasteiger partial charge in [0, 0.05) is 0 Å². The second-order valence-corrected chi connectivity index (χ2v) is 2.38. The Kier molecular flexibility index (Phi) is 1.70. The Hall–Kier alpha value is -0.190. The highest BCUT2D eigenvalue weighted by atomic mass is 32.2. The fourth-order valence-corrected chi connectivity index (χ4v) is 0.890. The molecule has 0 aromatic carbocycles. The van der Waals surface area contributed by atoms with Gasteiger partial charge in [-0.25, -0.2) is 0 Å². The summed E-state index contributed by atoms with van der Waals surface area (Å²) in [5, 5.41) is -1.54. The van der Waals surface area contributed by atoms with Crippen LogP contribution in [0.3, 0.4) is 0 Å². The zero-order valence-corrected chi connectivity index (χ0v) is 4.96. The molecule has 1 atom stereocenters. The molecule has 1 heterocycles.